The van der Waals surface area contributed by atoms with Crippen LogP contribution in [0.4, 0.5) is 0 Å². The topological polar surface area (TPSA) is 24.9 Å². The first kappa shape index (κ1) is 15.7. The molecule has 1 aliphatic rings. The van der Waals surface area contributed by atoms with Gasteiger partial charge >= 0.3 is 0 Å². The molecule has 1 aromatic heterocycles. The molecule has 1 heterocycles. The first-order valence-electron chi connectivity index (χ1n) is 7.38. The molecule has 0 radical (unpaired) electrons. The molecule has 2 nitrogen and oxygen atoms in total. The molecular weight excluding hydrogens is 276 g/mol. The highest BCUT2D eigenvalue weighted by atomic mass is 32.1. The first-order chi connectivity index (χ1) is 10.3. The van der Waals surface area contributed by atoms with Gasteiger partial charge in [-0.15, -0.1) is 11.3 Å². The number of nitrogens with one attached hydrogen (secondary N) is 1. The highest BCUT2D eigenvalue weighted by molar-refractivity contribution is 7.19. The summed E-state index contributed by atoms with van der Waals surface area (Å²) >= 11 is 1.75. The molecule has 0 spiro atoms. The molecular formula is C18H22N2S. The number of hydrogen-bond acceptors (Lipinski definition) is 3. The maximum Gasteiger partial charge on any atom is 0.124 e. The fourth-order valence-electron chi connectivity index (χ4n) is 2.26. The fraction of sp³-hybridized carbons (Fsp3) is 0.278. The zero-order chi connectivity index (χ0) is 15.2. The average Bonchev–Trinajstić information content (AvgIpc) is 2.87. The van der Waals surface area contributed by atoms with Crippen molar-refractivity contribution in [2.45, 2.75) is 26.8 Å². The Labute approximate surface area is 130 Å². The highest BCUT2D eigenvalue weighted by Gasteiger charge is 2.11. The Morgan fingerprint density at radius 2 is 1.95 bits per heavy atom. The number of benzene rings is 1. The number of fused-ring (bicyclic) bond motifs is 1. The fourth-order valence-corrected chi connectivity index (χ4v) is 3.22. The molecule has 110 valence electrons. The smallest absolute Gasteiger partial charge is 0.124 e. The summed E-state index contributed by atoms with van der Waals surface area (Å²) in [7, 11) is 1.98. The minimum absolute atomic E-state index is 0.308. The second-order valence-corrected chi connectivity index (χ2v) is 5.68. The van der Waals surface area contributed by atoms with Gasteiger partial charge in [-0.2, -0.15) is 0 Å². The van der Waals surface area contributed by atoms with Crippen LogP contribution in [0.2, 0.25) is 0 Å². The van der Waals surface area contributed by atoms with Gasteiger partial charge in [-0.05, 0) is 26.1 Å². The normalized spacial score (nSPS) is 17.6. The summed E-state index contributed by atoms with van der Waals surface area (Å²) in [4.78, 5) is 4.71. The van der Waals surface area contributed by atoms with Crippen LogP contribution in [0.1, 0.15) is 25.8 Å². The zero-order valence-electron chi connectivity index (χ0n) is 13.1. The van der Waals surface area contributed by atoms with Crippen LogP contribution in [0.15, 0.2) is 54.1 Å². The van der Waals surface area contributed by atoms with Gasteiger partial charge in [0.2, 0.25) is 0 Å². The van der Waals surface area contributed by atoms with Crippen molar-refractivity contribution in [2.75, 3.05) is 7.05 Å². The number of thiazole rings is 1. The van der Waals surface area contributed by atoms with E-state index in [0.717, 1.165) is 10.5 Å². The van der Waals surface area contributed by atoms with E-state index < -0.39 is 0 Å². The molecule has 0 aliphatic heterocycles. The van der Waals surface area contributed by atoms with Crippen molar-refractivity contribution in [3.8, 4) is 0 Å². The second kappa shape index (κ2) is 7.34. The van der Waals surface area contributed by atoms with E-state index in [-0.39, 0.29) is 0 Å². The van der Waals surface area contributed by atoms with Crippen LogP contribution < -0.4 is 5.32 Å². The van der Waals surface area contributed by atoms with Gasteiger partial charge in [-0.3, -0.25) is 0 Å². The Hall–Kier alpha value is -1.71. The lowest BCUT2D eigenvalue weighted by Crippen LogP contribution is -2.23. The van der Waals surface area contributed by atoms with Crippen LogP contribution >= 0.6 is 11.3 Å². The van der Waals surface area contributed by atoms with Crippen LogP contribution in [0, 0.1) is 0 Å². The molecule has 1 aliphatic carbocycles. The molecule has 0 amide bonds. The number of allylic oxidation sites excluding steroid dienone is 4. The van der Waals surface area contributed by atoms with Gasteiger partial charge in [0.05, 0.1) is 10.2 Å². The average molecular weight is 298 g/mol. The Bertz CT molecular complexity index is 659. The molecule has 0 bridgehead atoms. The number of para-hydroxylation sites is 1. The quantitative estimate of drug-likeness (QED) is 0.860. The molecule has 3 rings (SSSR count). The number of rotatable bonds is 2. The maximum absolute atomic E-state index is 4.71. The summed E-state index contributed by atoms with van der Waals surface area (Å²) in [5.74, 6) is 0. The Morgan fingerprint density at radius 1 is 1.19 bits per heavy atom. The molecule has 1 N–H and O–H groups in total. The Kier molecular flexibility index (Phi) is 5.48. The highest BCUT2D eigenvalue weighted by Crippen LogP contribution is 2.29. The molecule has 0 fully saturated rings. The number of aromatic nitrogens is 1. The summed E-state index contributed by atoms with van der Waals surface area (Å²) < 4.78 is 1.24. The van der Waals surface area contributed by atoms with Crippen molar-refractivity contribution in [2.24, 2.45) is 0 Å². The molecule has 0 saturated carbocycles. The van der Waals surface area contributed by atoms with E-state index in [9.17, 15) is 0 Å². The van der Waals surface area contributed by atoms with Crippen LogP contribution in [-0.4, -0.2) is 18.1 Å². The van der Waals surface area contributed by atoms with Gasteiger partial charge in [-0.1, -0.05) is 55.9 Å². The third-order valence-corrected chi connectivity index (χ3v) is 4.39. The van der Waals surface area contributed by atoms with Crippen LogP contribution in [0.3, 0.4) is 0 Å². The van der Waals surface area contributed by atoms with E-state index in [4.69, 9.17) is 4.98 Å². The van der Waals surface area contributed by atoms with E-state index in [1.54, 1.807) is 11.3 Å². The van der Waals surface area contributed by atoms with Crippen molar-refractivity contribution in [1.82, 2.24) is 10.3 Å². The van der Waals surface area contributed by atoms with Gasteiger partial charge < -0.3 is 5.32 Å². The van der Waals surface area contributed by atoms with Crippen molar-refractivity contribution in [3.63, 3.8) is 0 Å². The number of likely N-dealkylation sites (N-methyl/N-ethyl adjacent to an activating group) is 1. The molecule has 21 heavy (non-hydrogen) atoms. The van der Waals surface area contributed by atoms with Crippen molar-refractivity contribution in [1.29, 1.82) is 0 Å². The Morgan fingerprint density at radius 3 is 2.67 bits per heavy atom. The maximum atomic E-state index is 4.71. The lowest BCUT2D eigenvalue weighted by Gasteiger charge is -2.10. The van der Waals surface area contributed by atoms with E-state index in [0.29, 0.717) is 6.04 Å². The molecule has 3 heteroatoms. The van der Waals surface area contributed by atoms with Crippen molar-refractivity contribution < 1.29 is 0 Å². The lowest BCUT2D eigenvalue weighted by atomic mass is 10.1. The lowest BCUT2D eigenvalue weighted by molar-refractivity contribution is 0.753. The molecule has 1 atom stereocenters. The van der Waals surface area contributed by atoms with Gasteiger partial charge in [0.1, 0.15) is 5.01 Å². The van der Waals surface area contributed by atoms with Crippen LogP contribution in [0.5, 0.6) is 0 Å². The summed E-state index contributed by atoms with van der Waals surface area (Å²) in [6.07, 6.45) is 8.64. The number of hydrogen-bond donors (Lipinski definition) is 1. The third kappa shape index (κ3) is 3.49. The summed E-state index contributed by atoms with van der Waals surface area (Å²) in [5.41, 5.74) is 3.57. The minimum atomic E-state index is 0.308. The van der Waals surface area contributed by atoms with Gasteiger partial charge in [0, 0.05) is 11.6 Å². The molecule has 1 aromatic carbocycles. The molecule has 1 unspecified atom stereocenters. The van der Waals surface area contributed by atoms with E-state index in [2.05, 4.69) is 54.7 Å². The van der Waals surface area contributed by atoms with Crippen LogP contribution in [0.25, 0.3) is 15.8 Å². The van der Waals surface area contributed by atoms with Crippen LogP contribution in [-0.2, 0) is 0 Å². The summed E-state index contributed by atoms with van der Waals surface area (Å²) in [6, 6.07) is 8.59. The van der Waals surface area contributed by atoms with Gasteiger partial charge in [0.25, 0.3) is 0 Å². The van der Waals surface area contributed by atoms with E-state index >= 15 is 0 Å². The third-order valence-electron chi connectivity index (χ3n) is 3.30. The Balaban J connectivity index is 0.000000774. The predicted molar refractivity (Wildman–Crippen MR) is 94.7 cm³/mol. The van der Waals surface area contributed by atoms with E-state index in [1.807, 2.05) is 27.0 Å². The first-order valence-corrected chi connectivity index (χ1v) is 8.19. The summed E-state index contributed by atoms with van der Waals surface area (Å²) in [6.45, 7) is 6.15. The number of nitrogens with zero attached hydrogens (tertiary/aromatic N) is 1. The van der Waals surface area contributed by atoms with Gasteiger partial charge in [0.15, 0.2) is 0 Å². The zero-order valence-corrected chi connectivity index (χ0v) is 13.9. The van der Waals surface area contributed by atoms with Gasteiger partial charge in [-0.25, -0.2) is 4.98 Å². The monoisotopic (exact) mass is 298 g/mol. The van der Waals surface area contributed by atoms with Crippen molar-refractivity contribution >= 4 is 27.1 Å². The standard InChI is InChI=1S/C16H16N2S.C2H6/c1-11-10-12(6-5-8-13(11)17-2)16-18-14-7-3-4-9-15(14)19-16;1-2/h3-10,13,17H,1-2H3;1-2H3. The SMILES string of the molecule is CC.CNC1C=CC=C(c2nc3ccccc3s2)C=C1C. The molecule has 0 saturated heterocycles. The second-order valence-electron chi connectivity index (χ2n) is 4.65. The summed E-state index contributed by atoms with van der Waals surface area (Å²) in [5, 5.41) is 4.37. The predicted octanol–water partition coefficient (Wildman–Crippen LogP) is 4.81. The molecule has 2 aromatic rings. The van der Waals surface area contributed by atoms with Crippen molar-refractivity contribution in [3.05, 3.63) is 59.2 Å². The van der Waals surface area contributed by atoms with E-state index in [1.165, 1.54) is 15.8 Å². The largest absolute Gasteiger partial charge is 0.310 e. The minimum Gasteiger partial charge on any atom is -0.310 e.